The third kappa shape index (κ3) is 4.16. The molecule has 7 heteroatoms. The van der Waals surface area contributed by atoms with Crippen molar-refractivity contribution in [2.45, 2.75) is 0 Å². The van der Waals surface area contributed by atoms with E-state index in [0.717, 1.165) is 10.9 Å². The van der Waals surface area contributed by atoms with E-state index in [1.165, 1.54) is 0 Å². The maximum absolute atomic E-state index is 9.75. The Balaban J connectivity index is 0.000000221. The first-order chi connectivity index (χ1) is 7.38. The summed E-state index contributed by atoms with van der Waals surface area (Å²) < 4.78 is 40.6. The molecule has 1 aromatic carbocycles. The van der Waals surface area contributed by atoms with Gasteiger partial charge in [-0.05, 0) is 12.1 Å². The van der Waals surface area contributed by atoms with Crippen LogP contribution in [0.2, 0.25) is 0 Å². The second kappa shape index (κ2) is 4.83. The summed E-state index contributed by atoms with van der Waals surface area (Å²) in [5.74, 6) is 5.67. The Hall–Kier alpha value is -1.79. The Morgan fingerprint density at radius 3 is 2.00 bits per heavy atom. The van der Waals surface area contributed by atoms with E-state index in [1.54, 1.807) is 4.68 Å². The lowest BCUT2D eigenvalue weighted by Crippen LogP contribution is -2.44. The number of para-hydroxylation sites is 1. The van der Waals surface area contributed by atoms with Crippen LogP contribution in [0.15, 0.2) is 42.6 Å². The molecule has 0 amide bonds. The minimum atomic E-state index is -6.00. The van der Waals surface area contributed by atoms with Gasteiger partial charge < -0.3 is 17.3 Å². The summed E-state index contributed by atoms with van der Waals surface area (Å²) in [6, 6.07) is 12.0. The van der Waals surface area contributed by atoms with Crippen molar-refractivity contribution in [3.63, 3.8) is 0 Å². The number of aromatic nitrogens is 1. The molecule has 0 saturated heterocycles. The summed E-state index contributed by atoms with van der Waals surface area (Å²) in [7, 11) is -6.00. The number of fused-ring (bicyclic) bond motifs is 1. The lowest BCUT2D eigenvalue weighted by Gasteiger charge is -1.94. The van der Waals surface area contributed by atoms with Gasteiger partial charge in [-0.15, -0.1) is 0 Å². The van der Waals surface area contributed by atoms with Crippen molar-refractivity contribution in [1.29, 1.82) is 0 Å². The van der Waals surface area contributed by atoms with Crippen molar-refractivity contribution < 1.29 is 21.9 Å². The van der Waals surface area contributed by atoms with E-state index in [4.69, 9.17) is 5.84 Å². The van der Waals surface area contributed by atoms with Crippen LogP contribution in [0.4, 0.5) is 17.3 Å². The number of benzene rings is 1. The van der Waals surface area contributed by atoms with Crippen molar-refractivity contribution in [2.75, 3.05) is 5.84 Å². The zero-order valence-corrected chi connectivity index (χ0v) is 8.16. The molecule has 1 aromatic heterocycles. The summed E-state index contributed by atoms with van der Waals surface area (Å²) >= 11 is 0. The van der Waals surface area contributed by atoms with E-state index < -0.39 is 7.25 Å². The molecular formula is C9H9BF4N2. The highest BCUT2D eigenvalue weighted by Crippen LogP contribution is 2.07. The number of nitrogen functional groups attached to an aromatic ring is 1. The van der Waals surface area contributed by atoms with Gasteiger partial charge in [0.1, 0.15) is 0 Å². The molecule has 0 spiro atoms. The number of hydrogen-bond acceptors (Lipinski definition) is 1. The minimum Gasteiger partial charge on any atom is -0.418 e. The molecule has 0 saturated carbocycles. The fourth-order valence-corrected chi connectivity index (χ4v) is 1.18. The van der Waals surface area contributed by atoms with Gasteiger partial charge in [0, 0.05) is 17.5 Å². The van der Waals surface area contributed by atoms with E-state index >= 15 is 0 Å². The largest absolute Gasteiger partial charge is 0.673 e. The summed E-state index contributed by atoms with van der Waals surface area (Å²) in [6.45, 7) is 0. The van der Waals surface area contributed by atoms with Crippen molar-refractivity contribution in [3.8, 4) is 0 Å². The molecule has 86 valence electrons. The van der Waals surface area contributed by atoms with Crippen molar-refractivity contribution in [1.82, 2.24) is 0 Å². The second-order valence-electron chi connectivity index (χ2n) is 2.97. The molecule has 0 aliphatic rings. The highest BCUT2D eigenvalue weighted by molar-refractivity contribution is 6.50. The molecule has 2 nitrogen and oxygen atoms in total. The van der Waals surface area contributed by atoms with Crippen molar-refractivity contribution in [2.24, 2.45) is 0 Å². The predicted molar refractivity (Wildman–Crippen MR) is 54.5 cm³/mol. The quantitative estimate of drug-likeness (QED) is 0.320. The lowest BCUT2D eigenvalue weighted by molar-refractivity contribution is -0.611. The average molecular weight is 232 g/mol. The molecule has 2 N–H and O–H groups in total. The molecular weight excluding hydrogens is 223 g/mol. The van der Waals surface area contributed by atoms with E-state index in [0.29, 0.717) is 0 Å². The van der Waals surface area contributed by atoms with Gasteiger partial charge in [0.05, 0.1) is 0 Å². The minimum absolute atomic E-state index is 1.05. The SMILES string of the molecule is F[B-](F)(F)F.N[n+]1cccc2ccccc21. The van der Waals surface area contributed by atoms with Crippen LogP contribution in [0.5, 0.6) is 0 Å². The topological polar surface area (TPSA) is 29.9 Å². The lowest BCUT2D eigenvalue weighted by atomic mass is 10.2. The van der Waals surface area contributed by atoms with Crippen LogP contribution >= 0.6 is 0 Å². The van der Waals surface area contributed by atoms with Crippen LogP contribution in [0.25, 0.3) is 10.9 Å². The van der Waals surface area contributed by atoms with Gasteiger partial charge in [0.15, 0.2) is 6.20 Å². The Bertz CT molecular complexity index is 461. The zero-order chi connectivity index (χ0) is 12.2. The molecule has 0 radical (unpaired) electrons. The number of nitrogens with zero attached hydrogens (tertiary/aromatic N) is 1. The molecule has 2 aromatic rings. The van der Waals surface area contributed by atoms with Crippen molar-refractivity contribution in [3.05, 3.63) is 42.6 Å². The summed E-state index contributed by atoms with van der Waals surface area (Å²) in [4.78, 5) is 0. The normalized spacial score (nSPS) is 10.8. The van der Waals surface area contributed by atoms with Gasteiger partial charge in [-0.3, -0.25) is 0 Å². The molecule has 1 heterocycles. The van der Waals surface area contributed by atoms with Crippen LogP contribution < -0.4 is 10.5 Å². The fraction of sp³-hybridized carbons (Fsp3) is 0. The third-order valence-corrected chi connectivity index (χ3v) is 1.74. The van der Waals surface area contributed by atoms with E-state index in [9.17, 15) is 17.3 Å². The van der Waals surface area contributed by atoms with Gasteiger partial charge in [-0.1, -0.05) is 16.8 Å². The van der Waals surface area contributed by atoms with Crippen LogP contribution in [0, 0.1) is 0 Å². The first-order valence-corrected chi connectivity index (χ1v) is 4.40. The van der Waals surface area contributed by atoms with E-state index in [-0.39, 0.29) is 0 Å². The fourth-order valence-electron chi connectivity index (χ4n) is 1.18. The van der Waals surface area contributed by atoms with E-state index in [2.05, 4.69) is 0 Å². The molecule has 0 fully saturated rings. The maximum Gasteiger partial charge on any atom is 0.673 e. The first-order valence-electron chi connectivity index (χ1n) is 4.40. The number of halogens is 4. The van der Waals surface area contributed by atoms with Gasteiger partial charge in [-0.25, -0.2) is 5.84 Å². The number of nitrogens with two attached hydrogens (primary N) is 1. The molecule has 0 atom stereocenters. The summed E-state index contributed by atoms with van der Waals surface area (Å²) in [6.07, 6.45) is 1.84. The first kappa shape index (κ1) is 12.3. The number of rotatable bonds is 0. The number of hydrogen-bond donors (Lipinski definition) is 1. The Labute approximate surface area is 89.4 Å². The Morgan fingerprint density at radius 1 is 0.938 bits per heavy atom. The third-order valence-electron chi connectivity index (χ3n) is 1.74. The standard InChI is InChI=1S/C9H9N2.BF4/c10-11-7-3-5-8-4-1-2-6-9(8)11;2-1(3,4)5/h1-7H,10H2;/q+1;-1. The molecule has 2 rings (SSSR count). The molecule has 0 aliphatic heterocycles. The smallest absolute Gasteiger partial charge is 0.418 e. The monoisotopic (exact) mass is 232 g/mol. The van der Waals surface area contributed by atoms with Gasteiger partial charge >= 0.3 is 7.25 Å². The average Bonchev–Trinajstić information content (AvgIpc) is 2.16. The van der Waals surface area contributed by atoms with Crippen LogP contribution in [-0.4, -0.2) is 7.25 Å². The van der Waals surface area contributed by atoms with E-state index in [1.807, 2.05) is 42.6 Å². The van der Waals surface area contributed by atoms with Gasteiger partial charge in [0.25, 0.3) is 0 Å². The predicted octanol–water partition coefficient (Wildman–Crippen LogP) is 2.14. The van der Waals surface area contributed by atoms with Crippen LogP contribution in [0.3, 0.4) is 0 Å². The molecule has 0 bridgehead atoms. The highest BCUT2D eigenvalue weighted by Gasteiger charge is 2.20. The van der Waals surface area contributed by atoms with Gasteiger partial charge in [-0.2, -0.15) is 0 Å². The highest BCUT2D eigenvalue weighted by atomic mass is 19.5. The Morgan fingerprint density at radius 2 is 1.44 bits per heavy atom. The summed E-state index contributed by atoms with van der Waals surface area (Å²) in [5.41, 5.74) is 1.05. The van der Waals surface area contributed by atoms with Crippen molar-refractivity contribution >= 4 is 18.2 Å². The molecule has 0 unspecified atom stereocenters. The second-order valence-corrected chi connectivity index (χ2v) is 2.97. The molecule has 0 aliphatic carbocycles. The van der Waals surface area contributed by atoms with Gasteiger partial charge in [0.2, 0.25) is 5.52 Å². The zero-order valence-electron chi connectivity index (χ0n) is 8.16. The Kier molecular flexibility index (Phi) is 3.70. The van der Waals surface area contributed by atoms with Crippen LogP contribution in [-0.2, 0) is 0 Å². The van der Waals surface area contributed by atoms with Crippen LogP contribution in [0.1, 0.15) is 0 Å². The maximum atomic E-state index is 9.75. The molecule has 16 heavy (non-hydrogen) atoms. The number of pyridine rings is 1. The summed E-state index contributed by atoms with van der Waals surface area (Å²) in [5, 5.41) is 1.16.